The van der Waals surface area contributed by atoms with Crippen LogP contribution in [0.3, 0.4) is 0 Å². The van der Waals surface area contributed by atoms with Gasteiger partial charge in [-0.2, -0.15) is 0 Å². The Labute approximate surface area is 123 Å². The molecule has 3 aromatic rings. The Morgan fingerprint density at radius 1 is 1.05 bits per heavy atom. The molecule has 0 unspecified atom stereocenters. The molecule has 2 aromatic heterocycles. The predicted octanol–water partition coefficient (Wildman–Crippen LogP) is 2.79. The average Bonchev–Trinajstić information content (AvgIpc) is 3.17. The summed E-state index contributed by atoms with van der Waals surface area (Å²) in [5.74, 6) is -0.0582. The first-order valence-electron chi connectivity index (χ1n) is 6.92. The molecule has 3 rings (SSSR count). The van der Waals surface area contributed by atoms with E-state index in [1.54, 1.807) is 0 Å². The zero-order chi connectivity index (χ0) is 14.5. The summed E-state index contributed by atoms with van der Waals surface area (Å²) in [6, 6.07) is 15.8. The van der Waals surface area contributed by atoms with Gasteiger partial charge in [0, 0.05) is 31.7 Å². The number of nitrogens with one attached hydrogen (secondary N) is 2. The Balaban J connectivity index is 1.68. The van der Waals surface area contributed by atoms with Crippen LogP contribution in [0.25, 0.3) is 0 Å². The topological polar surface area (TPSA) is 49.8 Å². The number of H-pyrrole nitrogens is 1. The van der Waals surface area contributed by atoms with E-state index in [2.05, 4.69) is 22.4 Å². The van der Waals surface area contributed by atoms with Crippen molar-refractivity contribution in [3.05, 3.63) is 83.9 Å². The maximum absolute atomic E-state index is 12.3. The molecule has 1 amide bonds. The molecule has 0 spiro atoms. The van der Waals surface area contributed by atoms with Crippen molar-refractivity contribution >= 4 is 5.91 Å². The number of aromatic nitrogens is 2. The molecule has 106 valence electrons. The summed E-state index contributed by atoms with van der Waals surface area (Å²) in [5, 5.41) is 2.93. The van der Waals surface area contributed by atoms with Crippen LogP contribution in [0, 0.1) is 0 Å². The number of nitrogens with zero attached hydrogens (tertiary/aromatic N) is 1. The Morgan fingerprint density at radius 2 is 1.90 bits per heavy atom. The van der Waals surface area contributed by atoms with E-state index in [1.165, 1.54) is 5.56 Å². The van der Waals surface area contributed by atoms with Gasteiger partial charge in [0.1, 0.15) is 5.69 Å². The average molecular weight is 279 g/mol. The fraction of sp³-hybridized carbons (Fsp3) is 0.118. The van der Waals surface area contributed by atoms with Crippen LogP contribution in [0.4, 0.5) is 0 Å². The van der Waals surface area contributed by atoms with E-state index in [1.807, 2.05) is 59.6 Å². The molecule has 0 aliphatic rings. The first kappa shape index (κ1) is 13.2. The minimum absolute atomic E-state index is 0.0582. The summed E-state index contributed by atoms with van der Waals surface area (Å²) >= 11 is 0. The minimum Gasteiger partial charge on any atom is -0.367 e. The first-order valence-corrected chi connectivity index (χ1v) is 6.92. The van der Waals surface area contributed by atoms with Crippen LogP contribution < -0.4 is 5.32 Å². The molecule has 0 aliphatic heterocycles. The van der Waals surface area contributed by atoms with Gasteiger partial charge in [0.05, 0.1) is 0 Å². The number of hydrogen-bond acceptors (Lipinski definition) is 1. The van der Waals surface area contributed by atoms with Crippen molar-refractivity contribution in [2.45, 2.75) is 13.1 Å². The molecule has 0 fully saturated rings. The number of rotatable bonds is 5. The van der Waals surface area contributed by atoms with Gasteiger partial charge < -0.3 is 14.9 Å². The van der Waals surface area contributed by atoms with E-state index in [9.17, 15) is 4.79 Å². The molecule has 1 aromatic carbocycles. The van der Waals surface area contributed by atoms with Crippen LogP contribution in [-0.4, -0.2) is 15.5 Å². The summed E-state index contributed by atoms with van der Waals surface area (Å²) in [6.45, 7) is 1.22. The lowest BCUT2D eigenvalue weighted by Gasteiger charge is -2.09. The number of hydrogen-bond donors (Lipinski definition) is 2. The number of amides is 1. The fourth-order valence-corrected chi connectivity index (χ4v) is 2.28. The number of carbonyl (C=O) groups is 1. The molecule has 0 saturated heterocycles. The second kappa shape index (κ2) is 6.13. The molecule has 4 nitrogen and oxygen atoms in total. The van der Waals surface area contributed by atoms with Crippen LogP contribution in [-0.2, 0) is 13.1 Å². The Hall–Kier alpha value is -2.75. The van der Waals surface area contributed by atoms with Crippen molar-refractivity contribution in [1.82, 2.24) is 14.9 Å². The van der Waals surface area contributed by atoms with Crippen molar-refractivity contribution in [3.63, 3.8) is 0 Å². The highest BCUT2D eigenvalue weighted by molar-refractivity contribution is 5.92. The molecule has 0 saturated carbocycles. The summed E-state index contributed by atoms with van der Waals surface area (Å²) in [5.41, 5.74) is 2.91. The summed E-state index contributed by atoms with van der Waals surface area (Å²) in [4.78, 5) is 15.2. The van der Waals surface area contributed by atoms with Gasteiger partial charge >= 0.3 is 0 Å². The molecule has 2 heterocycles. The molecular formula is C17H17N3O. The molecule has 0 radical (unpaired) electrons. The Kier molecular flexibility index (Phi) is 3.87. The summed E-state index contributed by atoms with van der Waals surface area (Å²) in [7, 11) is 0. The van der Waals surface area contributed by atoms with Gasteiger partial charge in [0.25, 0.3) is 5.91 Å². The van der Waals surface area contributed by atoms with Gasteiger partial charge in [-0.05, 0) is 29.3 Å². The van der Waals surface area contributed by atoms with Crippen molar-refractivity contribution in [1.29, 1.82) is 0 Å². The second-order valence-electron chi connectivity index (χ2n) is 4.91. The molecule has 21 heavy (non-hydrogen) atoms. The predicted molar refractivity (Wildman–Crippen MR) is 81.9 cm³/mol. The molecule has 0 bridgehead atoms. The van der Waals surface area contributed by atoms with Crippen LogP contribution in [0.5, 0.6) is 0 Å². The van der Waals surface area contributed by atoms with Crippen molar-refractivity contribution in [3.8, 4) is 0 Å². The van der Waals surface area contributed by atoms with E-state index < -0.39 is 0 Å². The van der Waals surface area contributed by atoms with Crippen molar-refractivity contribution in [2.75, 3.05) is 0 Å². The molecular weight excluding hydrogens is 262 g/mol. The SMILES string of the molecule is O=C(NCc1cc[nH]c1)c1cccn1Cc1ccccc1. The van der Waals surface area contributed by atoms with E-state index in [0.717, 1.165) is 5.56 Å². The van der Waals surface area contributed by atoms with Crippen molar-refractivity contribution in [2.24, 2.45) is 0 Å². The maximum Gasteiger partial charge on any atom is 0.268 e. The smallest absolute Gasteiger partial charge is 0.268 e. The van der Waals surface area contributed by atoms with Crippen molar-refractivity contribution < 1.29 is 4.79 Å². The quantitative estimate of drug-likeness (QED) is 0.741. The van der Waals surface area contributed by atoms with Gasteiger partial charge in [-0.3, -0.25) is 4.79 Å². The highest BCUT2D eigenvalue weighted by atomic mass is 16.1. The van der Waals surface area contributed by atoms with Gasteiger partial charge in [-0.15, -0.1) is 0 Å². The van der Waals surface area contributed by atoms with E-state index >= 15 is 0 Å². The molecule has 0 aliphatic carbocycles. The standard InChI is InChI=1S/C17H17N3O/c21-17(19-12-15-8-9-18-11-15)16-7-4-10-20(16)13-14-5-2-1-3-6-14/h1-11,18H,12-13H2,(H,19,21). The third-order valence-electron chi connectivity index (χ3n) is 3.37. The Bertz CT molecular complexity index is 699. The third kappa shape index (κ3) is 3.23. The second-order valence-corrected chi connectivity index (χ2v) is 4.91. The Morgan fingerprint density at radius 3 is 2.67 bits per heavy atom. The van der Waals surface area contributed by atoms with Crippen LogP contribution >= 0.6 is 0 Å². The number of aromatic amines is 1. The lowest BCUT2D eigenvalue weighted by atomic mass is 10.2. The number of carbonyl (C=O) groups excluding carboxylic acids is 1. The molecule has 2 N–H and O–H groups in total. The van der Waals surface area contributed by atoms with Crippen LogP contribution in [0.1, 0.15) is 21.6 Å². The zero-order valence-corrected chi connectivity index (χ0v) is 11.6. The monoisotopic (exact) mass is 279 g/mol. The number of benzene rings is 1. The largest absolute Gasteiger partial charge is 0.367 e. The molecule has 0 atom stereocenters. The molecule has 4 heteroatoms. The van der Waals surface area contributed by atoms with Gasteiger partial charge in [-0.25, -0.2) is 0 Å². The van der Waals surface area contributed by atoms with Crippen LogP contribution in [0.15, 0.2) is 67.1 Å². The maximum atomic E-state index is 12.3. The highest BCUT2D eigenvalue weighted by Crippen LogP contribution is 2.08. The van der Waals surface area contributed by atoms with Gasteiger partial charge in [0.15, 0.2) is 0 Å². The van der Waals surface area contributed by atoms with E-state index in [0.29, 0.717) is 18.8 Å². The van der Waals surface area contributed by atoms with Gasteiger partial charge in [-0.1, -0.05) is 30.3 Å². The van der Waals surface area contributed by atoms with E-state index in [4.69, 9.17) is 0 Å². The van der Waals surface area contributed by atoms with Crippen LogP contribution in [0.2, 0.25) is 0 Å². The summed E-state index contributed by atoms with van der Waals surface area (Å²) in [6.07, 6.45) is 5.65. The normalized spacial score (nSPS) is 10.5. The lowest BCUT2D eigenvalue weighted by molar-refractivity contribution is 0.0942. The van der Waals surface area contributed by atoms with Gasteiger partial charge in [0.2, 0.25) is 0 Å². The minimum atomic E-state index is -0.0582. The lowest BCUT2D eigenvalue weighted by Crippen LogP contribution is -2.25. The fourth-order valence-electron chi connectivity index (χ4n) is 2.28. The highest BCUT2D eigenvalue weighted by Gasteiger charge is 2.10. The summed E-state index contributed by atoms with van der Waals surface area (Å²) < 4.78 is 1.96. The first-order chi connectivity index (χ1) is 10.3. The third-order valence-corrected chi connectivity index (χ3v) is 3.37. The van der Waals surface area contributed by atoms with E-state index in [-0.39, 0.29) is 5.91 Å². The zero-order valence-electron chi connectivity index (χ0n) is 11.6.